The average Bonchev–Trinajstić information content (AvgIpc) is 2.56. The molecule has 0 atom stereocenters. The maximum atomic E-state index is 12.7. The van der Waals surface area contributed by atoms with E-state index in [1.165, 1.54) is 57.8 Å². The lowest BCUT2D eigenvalue weighted by atomic mass is 10.1. The van der Waals surface area contributed by atoms with Crippen molar-refractivity contribution in [1.82, 2.24) is 9.80 Å². The topological polar surface area (TPSA) is 23.6 Å². The SMILES string of the molecule is CCCCCCN(C)C(=O)N(CCCCCC)CCCCCC. The summed E-state index contributed by atoms with van der Waals surface area (Å²) in [6.07, 6.45) is 14.8. The fraction of sp³-hybridized carbons (Fsp3) is 0.950. The van der Waals surface area contributed by atoms with Gasteiger partial charge in [-0.1, -0.05) is 78.6 Å². The summed E-state index contributed by atoms with van der Waals surface area (Å²) in [6, 6.07) is 0.245. The molecule has 0 saturated carbocycles. The van der Waals surface area contributed by atoms with E-state index in [0.717, 1.165) is 38.9 Å². The second kappa shape index (κ2) is 16.1. The van der Waals surface area contributed by atoms with E-state index < -0.39 is 0 Å². The molecule has 0 aromatic carbocycles. The lowest BCUT2D eigenvalue weighted by Gasteiger charge is -2.28. The number of carbonyl (C=O) groups excluding carboxylic acids is 1. The summed E-state index contributed by atoms with van der Waals surface area (Å²) in [6.45, 7) is 9.46. The van der Waals surface area contributed by atoms with E-state index >= 15 is 0 Å². The fourth-order valence-electron chi connectivity index (χ4n) is 2.87. The molecule has 0 heterocycles. The van der Waals surface area contributed by atoms with Crippen molar-refractivity contribution in [3.05, 3.63) is 0 Å². The Balaban J connectivity index is 4.22. The Bertz CT molecular complexity index is 256. The van der Waals surface area contributed by atoms with Crippen LogP contribution in [0.2, 0.25) is 0 Å². The number of nitrogens with zero attached hydrogens (tertiary/aromatic N) is 2. The average molecular weight is 327 g/mol. The quantitative estimate of drug-likeness (QED) is 0.334. The molecule has 0 aromatic rings. The molecule has 0 aliphatic carbocycles. The van der Waals surface area contributed by atoms with Crippen molar-refractivity contribution in [3.63, 3.8) is 0 Å². The van der Waals surface area contributed by atoms with Gasteiger partial charge in [0.15, 0.2) is 0 Å². The third kappa shape index (κ3) is 12.4. The van der Waals surface area contributed by atoms with Gasteiger partial charge in [0.05, 0.1) is 0 Å². The van der Waals surface area contributed by atoms with Crippen LogP contribution in [0.1, 0.15) is 97.8 Å². The van der Waals surface area contributed by atoms with E-state index in [2.05, 4.69) is 25.7 Å². The molecule has 3 nitrogen and oxygen atoms in total. The maximum Gasteiger partial charge on any atom is 0.319 e. The predicted molar refractivity (Wildman–Crippen MR) is 102 cm³/mol. The van der Waals surface area contributed by atoms with E-state index in [1.807, 2.05) is 11.9 Å². The predicted octanol–water partition coefficient (Wildman–Crippen LogP) is 6.08. The van der Waals surface area contributed by atoms with Gasteiger partial charge in [-0.2, -0.15) is 0 Å². The van der Waals surface area contributed by atoms with Crippen LogP contribution in [0.3, 0.4) is 0 Å². The lowest BCUT2D eigenvalue weighted by Crippen LogP contribution is -2.42. The first-order chi connectivity index (χ1) is 11.2. The van der Waals surface area contributed by atoms with E-state index in [9.17, 15) is 4.79 Å². The number of unbranched alkanes of at least 4 members (excludes halogenated alkanes) is 9. The number of hydrogen-bond acceptors (Lipinski definition) is 1. The summed E-state index contributed by atoms with van der Waals surface area (Å²) in [5.41, 5.74) is 0. The highest BCUT2D eigenvalue weighted by atomic mass is 16.2. The van der Waals surface area contributed by atoms with Crippen LogP contribution in [-0.4, -0.2) is 42.5 Å². The normalized spacial score (nSPS) is 10.8. The fourth-order valence-corrected chi connectivity index (χ4v) is 2.87. The highest BCUT2D eigenvalue weighted by Gasteiger charge is 2.16. The molecule has 0 rings (SSSR count). The minimum atomic E-state index is 0.245. The highest BCUT2D eigenvalue weighted by Crippen LogP contribution is 2.09. The summed E-state index contributed by atoms with van der Waals surface area (Å²) < 4.78 is 0. The van der Waals surface area contributed by atoms with Crippen LogP contribution >= 0.6 is 0 Å². The lowest BCUT2D eigenvalue weighted by molar-refractivity contribution is 0.159. The molecule has 2 amide bonds. The Labute approximate surface area is 145 Å². The molecule has 0 radical (unpaired) electrons. The Morgan fingerprint density at radius 2 is 1.00 bits per heavy atom. The van der Waals surface area contributed by atoms with Crippen molar-refractivity contribution in [3.8, 4) is 0 Å². The summed E-state index contributed by atoms with van der Waals surface area (Å²) >= 11 is 0. The van der Waals surface area contributed by atoms with E-state index in [-0.39, 0.29) is 6.03 Å². The van der Waals surface area contributed by atoms with E-state index in [0.29, 0.717) is 0 Å². The molecule has 3 heteroatoms. The zero-order valence-electron chi connectivity index (χ0n) is 16.4. The van der Waals surface area contributed by atoms with Crippen molar-refractivity contribution < 1.29 is 4.79 Å². The highest BCUT2D eigenvalue weighted by molar-refractivity contribution is 5.74. The Kier molecular flexibility index (Phi) is 15.6. The molecule has 0 unspecified atom stereocenters. The summed E-state index contributed by atoms with van der Waals surface area (Å²) in [5, 5.41) is 0. The third-order valence-corrected chi connectivity index (χ3v) is 4.51. The number of carbonyl (C=O) groups is 1. The third-order valence-electron chi connectivity index (χ3n) is 4.51. The number of hydrogen-bond donors (Lipinski definition) is 0. The largest absolute Gasteiger partial charge is 0.328 e. The Morgan fingerprint density at radius 1 is 0.609 bits per heavy atom. The van der Waals surface area contributed by atoms with Crippen LogP contribution in [0.5, 0.6) is 0 Å². The zero-order chi connectivity index (χ0) is 17.3. The van der Waals surface area contributed by atoms with Crippen molar-refractivity contribution in [2.24, 2.45) is 0 Å². The zero-order valence-corrected chi connectivity index (χ0v) is 16.4. The van der Waals surface area contributed by atoms with Crippen LogP contribution in [-0.2, 0) is 0 Å². The van der Waals surface area contributed by atoms with E-state index in [4.69, 9.17) is 0 Å². The molecule has 138 valence electrons. The van der Waals surface area contributed by atoms with Gasteiger partial charge in [-0.05, 0) is 19.3 Å². The van der Waals surface area contributed by atoms with Crippen LogP contribution in [0.15, 0.2) is 0 Å². The van der Waals surface area contributed by atoms with Gasteiger partial charge in [-0.25, -0.2) is 4.79 Å². The Morgan fingerprint density at radius 3 is 1.39 bits per heavy atom. The van der Waals surface area contributed by atoms with Gasteiger partial charge < -0.3 is 9.80 Å². The minimum Gasteiger partial charge on any atom is -0.328 e. The summed E-state index contributed by atoms with van der Waals surface area (Å²) in [7, 11) is 1.97. The standard InChI is InChI=1S/C20H42N2O/c1-5-8-11-14-17-21(4)20(23)22(18-15-12-9-6-2)19-16-13-10-7-3/h5-19H2,1-4H3. The van der Waals surface area contributed by atoms with Crippen LogP contribution in [0, 0.1) is 0 Å². The van der Waals surface area contributed by atoms with Gasteiger partial charge >= 0.3 is 6.03 Å². The van der Waals surface area contributed by atoms with Gasteiger partial charge in [-0.3, -0.25) is 0 Å². The van der Waals surface area contributed by atoms with Crippen molar-refractivity contribution in [2.75, 3.05) is 26.7 Å². The van der Waals surface area contributed by atoms with Gasteiger partial charge in [0.2, 0.25) is 0 Å². The molecule has 0 bridgehead atoms. The molecule has 23 heavy (non-hydrogen) atoms. The molecule has 0 fully saturated rings. The van der Waals surface area contributed by atoms with Crippen molar-refractivity contribution in [2.45, 2.75) is 97.8 Å². The monoisotopic (exact) mass is 326 g/mol. The van der Waals surface area contributed by atoms with Crippen molar-refractivity contribution in [1.29, 1.82) is 0 Å². The first kappa shape index (κ1) is 22.3. The Hall–Kier alpha value is -0.730. The molecule has 0 spiro atoms. The van der Waals surface area contributed by atoms with Crippen molar-refractivity contribution >= 4 is 6.03 Å². The molecule has 0 aliphatic rings. The van der Waals surface area contributed by atoms with Crippen LogP contribution < -0.4 is 0 Å². The number of amides is 2. The van der Waals surface area contributed by atoms with Gasteiger partial charge in [0, 0.05) is 26.7 Å². The smallest absolute Gasteiger partial charge is 0.319 e. The summed E-state index contributed by atoms with van der Waals surface area (Å²) in [5.74, 6) is 0. The number of urea groups is 1. The summed E-state index contributed by atoms with van der Waals surface area (Å²) in [4.78, 5) is 16.7. The molecule has 0 N–H and O–H groups in total. The molecular weight excluding hydrogens is 284 g/mol. The second-order valence-corrected chi connectivity index (χ2v) is 6.87. The van der Waals surface area contributed by atoms with E-state index in [1.54, 1.807) is 0 Å². The molecule has 0 aromatic heterocycles. The van der Waals surface area contributed by atoms with Crippen LogP contribution in [0.25, 0.3) is 0 Å². The first-order valence-corrected chi connectivity index (χ1v) is 10.2. The molecule has 0 saturated heterocycles. The van der Waals surface area contributed by atoms with Gasteiger partial charge in [0.25, 0.3) is 0 Å². The molecular formula is C20H42N2O. The van der Waals surface area contributed by atoms with Gasteiger partial charge in [0.1, 0.15) is 0 Å². The second-order valence-electron chi connectivity index (χ2n) is 6.87. The minimum absolute atomic E-state index is 0.245. The van der Waals surface area contributed by atoms with Gasteiger partial charge in [-0.15, -0.1) is 0 Å². The maximum absolute atomic E-state index is 12.7. The molecule has 0 aliphatic heterocycles. The number of rotatable bonds is 15. The first-order valence-electron chi connectivity index (χ1n) is 10.2. The van der Waals surface area contributed by atoms with Crippen LogP contribution in [0.4, 0.5) is 4.79 Å².